The molecule has 2 heterocycles. The molecule has 5 rings (SSSR count). The molecule has 2 aromatic rings. The molecule has 39 heavy (non-hydrogen) atoms. The van der Waals surface area contributed by atoms with E-state index in [4.69, 9.17) is 23.5 Å². The average Bonchev–Trinajstić information content (AvgIpc) is 3.60. The summed E-state index contributed by atoms with van der Waals surface area (Å²) in [6.45, 7) is 5.24. The predicted molar refractivity (Wildman–Crippen MR) is 145 cm³/mol. The fourth-order valence-corrected chi connectivity index (χ4v) is 6.59. The van der Waals surface area contributed by atoms with Crippen molar-refractivity contribution in [3.05, 3.63) is 18.2 Å². The zero-order valence-corrected chi connectivity index (χ0v) is 23.3. The van der Waals surface area contributed by atoms with Gasteiger partial charge in [0.2, 0.25) is 0 Å². The second kappa shape index (κ2) is 12.6. The SMILES string of the molecule is COC(=O)C1(CN2CCC(COc3noc4cccc(OC5CCC(COC(C)=O)CC5)c34)CC2)CCCC1. The second-order valence-corrected chi connectivity index (χ2v) is 11.7. The highest BCUT2D eigenvalue weighted by Gasteiger charge is 2.44. The van der Waals surface area contributed by atoms with Crippen LogP contribution in [0.5, 0.6) is 11.6 Å². The molecular formula is C30H42N2O7. The Morgan fingerprint density at radius 1 is 1.03 bits per heavy atom. The van der Waals surface area contributed by atoms with Gasteiger partial charge in [0.05, 0.1) is 31.8 Å². The van der Waals surface area contributed by atoms with E-state index < -0.39 is 0 Å². The third kappa shape index (κ3) is 6.68. The number of likely N-dealkylation sites (tertiary alicyclic amines) is 1. The molecule has 0 spiro atoms. The predicted octanol–water partition coefficient (Wildman–Crippen LogP) is 5.15. The van der Waals surface area contributed by atoms with E-state index in [1.165, 1.54) is 14.0 Å². The summed E-state index contributed by atoms with van der Waals surface area (Å²) in [5, 5.41) is 5.01. The molecule has 3 aliphatic rings. The molecule has 0 amide bonds. The summed E-state index contributed by atoms with van der Waals surface area (Å²) >= 11 is 0. The smallest absolute Gasteiger partial charge is 0.313 e. The summed E-state index contributed by atoms with van der Waals surface area (Å²) in [5.41, 5.74) is 0.334. The number of rotatable bonds is 10. The minimum Gasteiger partial charge on any atom is -0.489 e. The lowest BCUT2D eigenvalue weighted by Gasteiger charge is -2.37. The minimum atomic E-state index is -0.324. The lowest BCUT2D eigenvalue weighted by molar-refractivity contribution is -0.154. The normalized spacial score (nSPS) is 23.9. The highest BCUT2D eigenvalue weighted by Crippen LogP contribution is 2.41. The van der Waals surface area contributed by atoms with Gasteiger partial charge in [0.15, 0.2) is 5.58 Å². The number of benzene rings is 1. The molecule has 1 aliphatic heterocycles. The van der Waals surface area contributed by atoms with Gasteiger partial charge in [-0.2, -0.15) is 0 Å². The topological polar surface area (TPSA) is 100 Å². The Bertz CT molecular complexity index is 1110. The Labute approximate surface area is 230 Å². The van der Waals surface area contributed by atoms with Crippen LogP contribution in [0.15, 0.2) is 22.7 Å². The first-order valence-electron chi connectivity index (χ1n) is 14.6. The number of hydrogen-bond donors (Lipinski definition) is 0. The largest absolute Gasteiger partial charge is 0.489 e. The van der Waals surface area contributed by atoms with E-state index in [0.29, 0.717) is 36.5 Å². The number of esters is 2. The van der Waals surface area contributed by atoms with Gasteiger partial charge >= 0.3 is 11.9 Å². The van der Waals surface area contributed by atoms with Gasteiger partial charge in [0.1, 0.15) is 11.1 Å². The molecule has 1 saturated heterocycles. The van der Waals surface area contributed by atoms with E-state index in [-0.39, 0.29) is 23.5 Å². The number of hydrogen-bond acceptors (Lipinski definition) is 9. The van der Waals surface area contributed by atoms with Crippen molar-refractivity contribution >= 4 is 22.9 Å². The number of ether oxygens (including phenoxy) is 4. The van der Waals surface area contributed by atoms with Crippen molar-refractivity contribution in [3.63, 3.8) is 0 Å². The summed E-state index contributed by atoms with van der Waals surface area (Å²) < 4.78 is 28.6. The third-order valence-electron chi connectivity index (χ3n) is 8.91. The maximum Gasteiger partial charge on any atom is 0.313 e. The quantitative estimate of drug-likeness (QED) is 0.377. The Morgan fingerprint density at radius 2 is 1.74 bits per heavy atom. The van der Waals surface area contributed by atoms with E-state index >= 15 is 0 Å². The molecule has 9 heteroatoms. The van der Waals surface area contributed by atoms with Crippen LogP contribution >= 0.6 is 0 Å². The van der Waals surface area contributed by atoms with Gasteiger partial charge in [-0.3, -0.25) is 9.59 Å². The Kier molecular flexibility index (Phi) is 8.95. The van der Waals surface area contributed by atoms with Crippen LogP contribution in [0.1, 0.15) is 71.1 Å². The molecule has 3 fully saturated rings. The maximum absolute atomic E-state index is 12.5. The highest BCUT2D eigenvalue weighted by atomic mass is 16.5. The Hall–Kier alpha value is -2.81. The highest BCUT2D eigenvalue weighted by molar-refractivity contribution is 5.88. The first kappa shape index (κ1) is 27.7. The fraction of sp³-hybridized carbons (Fsp3) is 0.700. The van der Waals surface area contributed by atoms with Crippen LogP contribution in [-0.2, 0) is 19.1 Å². The van der Waals surface area contributed by atoms with Gasteiger partial charge in [-0.15, -0.1) is 0 Å². The Morgan fingerprint density at radius 3 is 2.44 bits per heavy atom. The maximum atomic E-state index is 12.5. The van der Waals surface area contributed by atoms with Crippen molar-refractivity contribution in [2.24, 2.45) is 17.3 Å². The number of piperidine rings is 1. The van der Waals surface area contributed by atoms with E-state index in [2.05, 4.69) is 10.1 Å². The van der Waals surface area contributed by atoms with Crippen LogP contribution in [0.25, 0.3) is 11.0 Å². The standard InChI is InChI=1S/C30H42N2O7/c1-21(33)36-18-22-8-10-24(11-9-22)38-25-6-5-7-26-27(25)28(31-39-26)37-19-23-12-16-32(17-13-23)20-30(29(34)35-2)14-3-4-15-30/h5-7,22-24H,3-4,8-20H2,1-2H3. The fourth-order valence-electron chi connectivity index (χ4n) is 6.59. The van der Waals surface area contributed by atoms with Gasteiger partial charge < -0.3 is 28.4 Å². The zero-order valence-electron chi connectivity index (χ0n) is 23.3. The van der Waals surface area contributed by atoms with Crippen LogP contribution in [-0.4, -0.2) is 68.1 Å². The van der Waals surface area contributed by atoms with Crippen molar-refractivity contribution in [1.29, 1.82) is 0 Å². The molecule has 2 aliphatic carbocycles. The van der Waals surface area contributed by atoms with Crippen LogP contribution in [0.4, 0.5) is 0 Å². The van der Waals surface area contributed by atoms with Crippen molar-refractivity contribution in [3.8, 4) is 11.6 Å². The monoisotopic (exact) mass is 542 g/mol. The van der Waals surface area contributed by atoms with Gasteiger partial charge in [0, 0.05) is 13.5 Å². The molecule has 0 N–H and O–H groups in total. The summed E-state index contributed by atoms with van der Waals surface area (Å²) in [6.07, 6.45) is 10.00. The third-order valence-corrected chi connectivity index (χ3v) is 8.91. The molecule has 0 unspecified atom stereocenters. The van der Waals surface area contributed by atoms with E-state index in [0.717, 1.165) is 95.0 Å². The lowest BCUT2D eigenvalue weighted by atomic mass is 9.84. The summed E-state index contributed by atoms with van der Waals surface area (Å²) in [4.78, 5) is 26.1. The number of methoxy groups -OCH3 is 1. The number of aromatic nitrogens is 1. The molecule has 0 radical (unpaired) electrons. The van der Waals surface area contributed by atoms with E-state index in [9.17, 15) is 9.59 Å². The molecule has 2 saturated carbocycles. The summed E-state index contributed by atoms with van der Waals surface area (Å²) in [5.74, 6) is 1.78. The van der Waals surface area contributed by atoms with Crippen LogP contribution < -0.4 is 9.47 Å². The molecular weight excluding hydrogens is 500 g/mol. The minimum absolute atomic E-state index is 0.0450. The molecule has 1 aromatic heterocycles. The average molecular weight is 543 g/mol. The van der Waals surface area contributed by atoms with Gasteiger partial charge in [-0.25, -0.2) is 0 Å². The van der Waals surface area contributed by atoms with Crippen LogP contribution in [0.3, 0.4) is 0 Å². The number of carbonyl (C=O) groups excluding carboxylic acids is 2. The van der Waals surface area contributed by atoms with Gasteiger partial charge in [-0.1, -0.05) is 18.9 Å². The lowest BCUT2D eigenvalue weighted by Crippen LogP contribution is -2.45. The molecule has 1 aromatic carbocycles. The van der Waals surface area contributed by atoms with Gasteiger partial charge in [-0.05, 0) is 93.6 Å². The second-order valence-electron chi connectivity index (χ2n) is 11.7. The van der Waals surface area contributed by atoms with Crippen molar-refractivity contribution in [1.82, 2.24) is 10.1 Å². The number of carbonyl (C=O) groups is 2. The molecule has 0 bridgehead atoms. The van der Waals surface area contributed by atoms with E-state index in [1.54, 1.807) is 0 Å². The van der Waals surface area contributed by atoms with Gasteiger partial charge in [0.25, 0.3) is 5.88 Å². The molecule has 0 atom stereocenters. The van der Waals surface area contributed by atoms with E-state index in [1.807, 2.05) is 18.2 Å². The first-order chi connectivity index (χ1) is 19.0. The molecule has 9 nitrogen and oxygen atoms in total. The molecule has 214 valence electrons. The van der Waals surface area contributed by atoms with Crippen LogP contribution in [0, 0.1) is 17.3 Å². The number of fused-ring (bicyclic) bond motifs is 1. The first-order valence-corrected chi connectivity index (χ1v) is 14.6. The zero-order chi connectivity index (χ0) is 27.2. The Balaban J connectivity index is 1.13. The summed E-state index contributed by atoms with van der Waals surface area (Å²) in [6, 6.07) is 5.76. The van der Waals surface area contributed by atoms with Crippen LogP contribution in [0.2, 0.25) is 0 Å². The van der Waals surface area contributed by atoms with Crippen molar-refractivity contribution in [2.75, 3.05) is 40.0 Å². The van der Waals surface area contributed by atoms with Crippen molar-refractivity contribution in [2.45, 2.75) is 77.2 Å². The number of nitrogens with zero attached hydrogens (tertiary/aromatic N) is 2. The van der Waals surface area contributed by atoms with Crippen molar-refractivity contribution < 1.29 is 33.1 Å². The summed E-state index contributed by atoms with van der Waals surface area (Å²) in [7, 11) is 1.51.